The highest BCUT2D eigenvalue weighted by atomic mass is 35.5. The number of ether oxygens (including phenoxy) is 2. The molecular weight excluding hydrogens is 437 g/mol. The van der Waals surface area contributed by atoms with Gasteiger partial charge in [-0.15, -0.1) is 0 Å². The molecule has 2 atom stereocenters. The highest BCUT2D eigenvalue weighted by molar-refractivity contribution is 6.23. The Hall–Kier alpha value is -2.13. The number of carbonyl (C=O) groups excluding carboxylic acids is 1. The number of fused-ring (bicyclic) bond motifs is 1. The minimum absolute atomic E-state index is 0.101. The van der Waals surface area contributed by atoms with Crippen molar-refractivity contribution in [3.63, 3.8) is 0 Å². The van der Waals surface area contributed by atoms with E-state index < -0.39 is 5.50 Å². The van der Waals surface area contributed by atoms with Crippen LogP contribution in [0.5, 0.6) is 6.01 Å². The molecule has 2 fully saturated rings. The topological polar surface area (TPSA) is 71.0 Å². The molecule has 32 heavy (non-hydrogen) atoms. The van der Waals surface area contributed by atoms with E-state index in [2.05, 4.69) is 19.8 Å². The Morgan fingerprint density at radius 3 is 2.72 bits per heavy atom. The SMILES string of the molecule is COC(=O)C1CCCN(c2nc(OCC3(CN(C)C)CC3)nc3c2C=CC(Cl)N3F)CC1. The number of esters is 1. The van der Waals surface area contributed by atoms with Gasteiger partial charge in [0, 0.05) is 25.0 Å². The zero-order valence-corrected chi connectivity index (χ0v) is 19.6. The van der Waals surface area contributed by atoms with Crippen molar-refractivity contribution in [2.75, 3.05) is 57.5 Å². The lowest BCUT2D eigenvalue weighted by Crippen LogP contribution is -2.31. The van der Waals surface area contributed by atoms with Crippen LogP contribution in [0.4, 0.5) is 16.1 Å². The summed E-state index contributed by atoms with van der Waals surface area (Å²) in [6.45, 7) is 2.72. The number of carbonyl (C=O) groups is 1. The smallest absolute Gasteiger partial charge is 0.320 e. The van der Waals surface area contributed by atoms with Gasteiger partial charge in [0.15, 0.2) is 11.3 Å². The van der Waals surface area contributed by atoms with Gasteiger partial charge in [0.2, 0.25) is 0 Å². The summed E-state index contributed by atoms with van der Waals surface area (Å²) in [5.74, 6) is 0.393. The van der Waals surface area contributed by atoms with Crippen LogP contribution in [-0.4, -0.2) is 73.8 Å². The first-order valence-corrected chi connectivity index (χ1v) is 11.6. The highest BCUT2D eigenvalue weighted by Crippen LogP contribution is 2.46. The van der Waals surface area contributed by atoms with Crippen molar-refractivity contribution in [3.05, 3.63) is 11.6 Å². The van der Waals surface area contributed by atoms with Crippen LogP contribution < -0.4 is 14.8 Å². The van der Waals surface area contributed by atoms with Gasteiger partial charge in [-0.3, -0.25) is 4.79 Å². The van der Waals surface area contributed by atoms with Gasteiger partial charge in [0.1, 0.15) is 5.82 Å². The highest BCUT2D eigenvalue weighted by Gasteiger charge is 2.44. The molecule has 176 valence electrons. The number of aromatic nitrogens is 2. The Kier molecular flexibility index (Phi) is 6.76. The molecule has 8 nitrogen and oxygen atoms in total. The molecule has 1 aliphatic carbocycles. The van der Waals surface area contributed by atoms with Gasteiger partial charge in [-0.2, -0.15) is 15.1 Å². The van der Waals surface area contributed by atoms with Crippen LogP contribution in [0.25, 0.3) is 6.08 Å². The van der Waals surface area contributed by atoms with Crippen molar-refractivity contribution in [3.8, 4) is 6.01 Å². The summed E-state index contributed by atoms with van der Waals surface area (Å²) in [6, 6.07) is 0.152. The monoisotopic (exact) mass is 467 g/mol. The Balaban J connectivity index is 1.59. The molecule has 0 radical (unpaired) electrons. The average Bonchev–Trinajstić information content (AvgIpc) is 3.57. The number of hydrogen-bond acceptors (Lipinski definition) is 8. The predicted octanol–water partition coefficient (Wildman–Crippen LogP) is 3.26. The number of alkyl halides is 1. The third-order valence-electron chi connectivity index (χ3n) is 6.40. The number of anilines is 2. The number of hydrogen-bond donors (Lipinski definition) is 0. The van der Waals surface area contributed by atoms with Crippen molar-refractivity contribution in [1.29, 1.82) is 0 Å². The fourth-order valence-electron chi connectivity index (χ4n) is 4.54. The van der Waals surface area contributed by atoms with Crippen molar-refractivity contribution in [2.45, 2.75) is 37.6 Å². The van der Waals surface area contributed by atoms with Crippen molar-refractivity contribution >= 4 is 35.3 Å². The molecule has 4 rings (SSSR count). The first-order chi connectivity index (χ1) is 15.3. The summed E-state index contributed by atoms with van der Waals surface area (Å²) in [7, 11) is 5.51. The molecule has 0 N–H and O–H groups in total. The molecule has 3 aliphatic rings. The van der Waals surface area contributed by atoms with Gasteiger partial charge >= 0.3 is 12.0 Å². The molecule has 0 bridgehead atoms. The number of methoxy groups -OCH3 is 1. The molecule has 1 saturated heterocycles. The van der Waals surface area contributed by atoms with Crippen molar-refractivity contribution < 1.29 is 18.7 Å². The third-order valence-corrected chi connectivity index (χ3v) is 6.72. The summed E-state index contributed by atoms with van der Waals surface area (Å²) in [5, 5.41) is 0.441. The van der Waals surface area contributed by atoms with E-state index in [1.165, 1.54) is 7.11 Å². The number of halogens is 2. The standard InChI is InChI=1S/C22H31ClFN5O3/c1-27(2)13-22(9-10-22)14-32-21-25-18(16-6-7-17(23)29(24)19(16)26-21)28-11-4-5-15(8-12-28)20(30)31-3/h6-7,15,17H,4-5,8-14H2,1-3H3. The fourth-order valence-corrected chi connectivity index (χ4v) is 4.70. The second-order valence-corrected chi connectivity index (χ2v) is 9.72. The van der Waals surface area contributed by atoms with E-state index in [0.29, 0.717) is 42.6 Å². The van der Waals surface area contributed by atoms with Crippen LogP contribution >= 0.6 is 11.6 Å². The second kappa shape index (κ2) is 9.39. The maximum atomic E-state index is 14.9. The van der Waals surface area contributed by atoms with Crippen LogP contribution in [0.1, 0.15) is 37.7 Å². The molecule has 3 heterocycles. The normalized spacial score (nSPS) is 24.2. The summed E-state index contributed by atoms with van der Waals surface area (Å²) in [6.07, 6.45) is 7.72. The van der Waals surface area contributed by atoms with Crippen LogP contribution in [0.3, 0.4) is 0 Å². The minimum atomic E-state index is -0.936. The lowest BCUT2D eigenvalue weighted by atomic mass is 10.0. The maximum Gasteiger partial charge on any atom is 0.320 e. The summed E-state index contributed by atoms with van der Waals surface area (Å²) in [5.41, 5.74) is -0.263. The second-order valence-electron chi connectivity index (χ2n) is 9.27. The van der Waals surface area contributed by atoms with E-state index in [1.54, 1.807) is 12.2 Å². The lowest BCUT2D eigenvalue weighted by Gasteiger charge is -2.29. The van der Waals surface area contributed by atoms with Crippen LogP contribution in [-0.2, 0) is 9.53 Å². The first kappa shape index (κ1) is 23.0. The zero-order valence-electron chi connectivity index (χ0n) is 18.9. The van der Waals surface area contributed by atoms with E-state index in [1.807, 2.05) is 14.1 Å². The molecule has 1 aromatic heterocycles. The summed E-state index contributed by atoms with van der Waals surface area (Å²) >= 11 is 6.09. The quantitative estimate of drug-likeness (QED) is 0.262. The Morgan fingerprint density at radius 2 is 2.03 bits per heavy atom. The molecule has 0 spiro atoms. The largest absolute Gasteiger partial charge is 0.469 e. The molecular formula is C22H31ClFN5O3. The Labute approximate surface area is 193 Å². The molecule has 0 amide bonds. The van der Waals surface area contributed by atoms with E-state index in [0.717, 1.165) is 32.2 Å². The molecule has 0 aromatic carbocycles. The van der Waals surface area contributed by atoms with Crippen LogP contribution in [0.2, 0.25) is 0 Å². The van der Waals surface area contributed by atoms with Crippen LogP contribution in [0.15, 0.2) is 6.08 Å². The van der Waals surface area contributed by atoms with Gasteiger partial charge in [-0.1, -0.05) is 16.1 Å². The van der Waals surface area contributed by atoms with Gasteiger partial charge in [0.05, 0.1) is 25.2 Å². The maximum absolute atomic E-state index is 14.9. The van der Waals surface area contributed by atoms with E-state index in [9.17, 15) is 9.28 Å². The number of nitrogens with zero attached hydrogens (tertiary/aromatic N) is 5. The van der Waals surface area contributed by atoms with Crippen molar-refractivity contribution in [2.24, 2.45) is 11.3 Å². The fraction of sp³-hybridized carbons (Fsp3) is 0.682. The van der Waals surface area contributed by atoms with E-state index >= 15 is 0 Å². The molecule has 10 heteroatoms. The predicted molar refractivity (Wildman–Crippen MR) is 122 cm³/mol. The Morgan fingerprint density at radius 1 is 1.28 bits per heavy atom. The van der Waals surface area contributed by atoms with E-state index in [-0.39, 0.29) is 29.1 Å². The third kappa shape index (κ3) is 4.93. The molecule has 1 saturated carbocycles. The lowest BCUT2D eigenvalue weighted by molar-refractivity contribution is -0.145. The minimum Gasteiger partial charge on any atom is -0.469 e. The molecule has 2 unspecified atom stereocenters. The number of rotatable bonds is 7. The summed E-state index contributed by atoms with van der Waals surface area (Å²) in [4.78, 5) is 25.3. The van der Waals surface area contributed by atoms with Gasteiger partial charge < -0.3 is 19.3 Å². The van der Waals surface area contributed by atoms with Crippen LogP contribution in [0, 0.1) is 11.3 Å². The van der Waals surface area contributed by atoms with Gasteiger partial charge in [-0.25, -0.2) is 0 Å². The van der Waals surface area contributed by atoms with Gasteiger partial charge in [0.25, 0.3) is 0 Å². The van der Waals surface area contributed by atoms with Crippen molar-refractivity contribution in [1.82, 2.24) is 14.9 Å². The Bertz CT molecular complexity index is 879. The zero-order chi connectivity index (χ0) is 22.9. The molecule has 1 aromatic rings. The van der Waals surface area contributed by atoms with E-state index in [4.69, 9.17) is 21.1 Å². The average molecular weight is 468 g/mol. The molecule has 2 aliphatic heterocycles. The summed E-state index contributed by atoms with van der Waals surface area (Å²) < 4.78 is 25.8. The van der Waals surface area contributed by atoms with Gasteiger partial charge in [-0.05, 0) is 58.4 Å². The first-order valence-electron chi connectivity index (χ1n) is 11.1.